The second-order valence-corrected chi connectivity index (χ2v) is 8.03. The summed E-state index contributed by atoms with van der Waals surface area (Å²) in [7, 11) is 2.10. The molecule has 1 saturated carbocycles. The van der Waals surface area contributed by atoms with E-state index in [1.807, 2.05) is 11.3 Å². The number of nitrogens with zero attached hydrogens (tertiary/aromatic N) is 1. The molecule has 1 aliphatic heterocycles. The predicted octanol–water partition coefficient (Wildman–Crippen LogP) is 4.15. The molecule has 0 bridgehead atoms. The Morgan fingerprint density at radius 1 is 1.29 bits per heavy atom. The number of nitrogens with one attached hydrogen (secondary N) is 1. The lowest BCUT2D eigenvalue weighted by Gasteiger charge is -2.45. The third-order valence-electron chi connectivity index (χ3n) is 5.30. The number of aromatic nitrogens is 1. The maximum Gasteiger partial charge on any atom is 0.0900 e. The Morgan fingerprint density at radius 3 is 2.67 bits per heavy atom. The molecule has 0 radical (unpaired) electrons. The van der Waals surface area contributed by atoms with Crippen molar-refractivity contribution in [3.63, 3.8) is 0 Å². The second kappa shape index (κ2) is 6.35. The first-order valence-corrected chi connectivity index (χ1v) is 9.20. The Kier molecular flexibility index (Phi) is 4.67. The Bertz CT molecular complexity index is 474. The summed E-state index contributed by atoms with van der Waals surface area (Å²) in [6.07, 6.45) is 8.99. The molecule has 1 aliphatic carbocycles. The quantitative estimate of drug-likeness (QED) is 0.911. The van der Waals surface area contributed by atoms with Gasteiger partial charge in [-0.2, -0.15) is 0 Å². The predicted molar refractivity (Wildman–Crippen MR) is 87.9 cm³/mol. The van der Waals surface area contributed by atoms with Gasteiger partial charge in [-0.05, 0) is 52.5 Å². The van der Waals surface area contributed by atoms with Crippen LogP contribution in [-0.2, 0) is 4.74 Å². The van der Waals surface area contributed by atoms with Crippen LogP contribution >= 0.6 is 11.3 Å². The van der Waals surface area contributed by atoms with E-state index in [4.69, 9.17) is 4.74 Å². The van der Waals surface area contributed by atoms with Crippen molar-refractivity contribution in [2.24, 2.45) is 5.92 Å². The Labute approximate surface area is 132 Å². The van der Waals surface area contributed by atoms with E-state index in [0.29, 0.717) is 12.0 Å². The van der Waals surface area contributed by atoms with Crippen LogP contribution in [0, 0.1) is 19.8 Å². The topological polar surface area (TPSA) is 34.2 Å². The molecule has 2 aliphatic rings. The molecule has 1 N–H and O–H groups in total. The van der Waals surface area contributed by atoms with E-state index in [2.05, 4.69) is 31.2 Å². The highest BCUT2D eigenvalue weighted by Gasteiger charge is 2.41. The zero-order valence-corrected chi connectivity index (χ0v) is 14.4. The van der Waals surface area contributed by atoms with Crippen LogP contribution in [0.5, 0.6) is 0 Å². The number of hydrogen-bond acceptors (Lipinski definition) is 4. The fourth-order valence-corrected chi connectivity index (χ4v) is 5.44. The molecule has 1 aromatic rings. The van der Waals surface area contributed by atoms with Crippen molar-refractivity contribution in [2.45, 2.75) is 70.4 Å². The Morgan fingerprint density at radius 2 is 2.05 bits per heavy atom. The summed E-state index contributed by atoms with van der Waals surface area (Å²) in [4.78, 5) is 6.06. The van der Waals surface area contributed by atoms with Crippen molar-refractivity contribution < 1.29 is 4.74 Å². The van der Waals surface area contributed by atoms with Crippen LogP contribution in [0.4, 0.5) is 0 Å². The molecule has 2 fully saturated rings. The highest BCUT2D eigenvalue weighted by Crippen LogP contribution is 2.45. The van der Waals surface area contributed by atoms with Gasteiger partial charge in [0.05, 0.1) is 16.3 Å². The SMILES string of the molecule is CNC(c1sc(C)nc1C)C1CCOC2(CCCCC2)C1. The minimum Gasteiger partial charge on any atom is -0.375 e. The first-order valence-electron chi connectivity index (χ1n) is 8.39. The van der Waals surface area contributed by atoms with Crippen molar-refractivity contribution in [3.8, 4) is 0 Å². The number of aryl methyl sites for hydroxylation is 2. The zero-order chi connectivity index (χ0) is 14.9. The molecular formula is C17H28N2OS. The summed E-state index contributed by atoms with van der Waals surface area (Å²) in [6, 6.07) is 0.443. The van der Waals surface area contributed by atoms with Crippen LogP contribution in [0.1, 0.15) is 66.6 Å². The van der Waals surface area contributed by atoms with Crippen LogP contribution < -0.4 is 5.32 Å². The molecule has 2 atom stereocenters. The fourth-order valence-electron chi connectivity index (χ4n) is 4.31. The number of thiazole rings is 1. The van der Waals surface area contributed by atoms with E-state index in [0.717, 1.165) is 6.61 Å². The summed E-state index contributed by atoms with van der Waals surface area (Å²) in [5, 5.41) is 4.76. The molecule has 2 heterocycles. The lowest BCUT2D eigenvalue weighted by molar-refractivity contribution is -0.121. The molecule has 1 aromatic heterocycles. The van der Waals surface area contributed by atoms with Gasteiger partial charge in [0.2, 0.25) is 0 Å². The summed E-state index contributed by atoms with van der Waals surface area (Å²) in [5.41, 5.74) is 1.39. The Hall–Kier alpha value is -0.450. The van der Waals surface area contributed by atoms with Crippen LogP contribution in [0.2, 0.25) is 0 Å². The van der Waals surface area contributed by atoms with Crippen LogP contribution in [0.3, 0.4) is 0 Å². The lowest BCUT2D eigenvalue weighted by atomic mass is 9.74. The van der Waals surface area contributed by atoms with Crippen LogP contribution in [0.15, 0.2) is 0 Å². The molecule has 1 spiro atoms. The molecule has 3 nitrogen and oxygen atoms in total. The largest absolute Gasteiger partial charge is 0.375 e. The smallest absolute Gasteiger partial charge is 0.0900 e. The minimum absolute atomic E-state index is 0.184. The third kappa shape index (κ3) is 3.17. The monoisotopic (exact) mass is 308 g/mol. The average molecular weight is 308 g/mol. The molecule has 0 aromatic carbocycles. The highest BCUT2D eigenvalue weighted by molar-refractivity contribution is 7.11. The van der Waals surface area contributed by atoms with E-state index in [-0.39, 0.29) is 5.60 Å². The van der Waals surface area contributed by atoms with Crippen LogP contribution in [0.25, 0.3) is 0 Å². The molecule has 2 unspecified atom stereocenters. The lowest BCUT2D eigenvalue weighted by Crippen LogP contribution is -2.44. The summed E-state index contributed by atoms with van der Waals surface area (Å²) < 4.78 is 6.26. The normalized spacial score (nSPS) is 26.9. The van der Waals surface area contributed by atoms with Crippen molar-refractivity contribution in [2.75, 3.05) is 13.7 Å². The van der Waals surface area contributed by atoms with Crippen molar-refractivity contribution in [3.05, 3.63) is 15.6 Å². The van der Waals surface area contributed by atoms with Crippen molar-refractivity contribution >= 4 is 11.3 Å². The minimum atomic E-state index is 0.184. The van der Waals surface area contributed by atoms with E-state index in [1.165, 1.54) is 60.5 Å². The van der Waals surface area contributed by atoms with Crippen molar-refractivity contribution in [1.82, 2.24) is 10.3 Å². The molecular weight excluding hydrogens is 280 g/mol. The van der Waals surface area contributed by atoms with Gasteiger partial charge in [-0.3, -0.25) is 0 Å². The van der Waals surface area contributed by atoms with Gasteiger partial charge in [0.1, 0.15) is 0 Å². The average Bonchev–Trinajstić information content (AvgIpc) is 2.80. The summed E-state index contributed by atoms with van der Waals surface area (Å²) in [6.45, 7) is 5.19. The third-order valence-corrected chi connectivity index (χ3v) is 6.46. The van der Waals surface area contributed by atoms with Gasteiger partial charge >= 0.3 is 0 Å². The fraction of sp³-hybridized carbons (Fsp3) is 0.824. The second-order valence-electron chi connectivity index (χ2n) is 6.79. The van der Waals surface area contributed by atoms with Gasteiger partial charge in [0.25, 0.3) is 0 Å². The number of ether oxygens (including phenoxy) is 1. The molecule has 1 saturated heterocycles. The van der Waals surface area contributed by atoms with Gasteiger partial charge in [-0.1, -0.05) is 19.3 Å². The molecule has 4 heteroatoms. The van der Waals surface area contributed by atoms with Gasteiger partial charge in [-0.15, -0.1) is 11.3 Å². The zero-order valence-electron chi connectivity index (χ0n) is 13.6. The summed E-state index contributed by atoms with van der Waals surface area (Å²) >= 11 is 1.86. The maximum absolute atomic E-state index is 6.26. The van der Waals surface area contributed by atoms with E-state index in [1.54, 1.807) is 0 Å². The van der Waals surface area contributed by atoms with Crippen LogP contribution in [-0.4, -0.2) is 24.2 Å². The molecule has 0 amide bonds. The number of rotatable bonds is 3. The molecule has 3 rings (SSSR count). The van der Waals surface area contributed by atoms with E-state index >= 15 is 0 Å². The first kappa shape index (κ1) is 15.4. The van der Waals surface area contributed by atoms with Gasteiger partial charge in [0, 0.05) is 17.5 Å². The van der Waals surface area contributed by atoms with E-state index in [9.17, 15) is 0 Å². The molecule has 21 heavy (non-hydrogen) atoms. The maximum atomic E-state index is 6.26. The van der Waals surface area contributed by atoms with E-state index < -0.39 is 0 Å². The summed E-state index contributed by atoms with van der Waals surface area (Å²) in [5.74, 6) is 0.681. The van der Waals surface area contributed by atoms with Gasteiger partial charge in [-0.25, -0.2) is 4.98 Å². The van der Waals surface area contributed by atoms with Crippen molar-refractivity contribution in [1.29, 1.82) is 0 Å². The van der Waals surface area contributed by atoms with Gasteiger partial charge < -0.3 is 10.1 Å². The molecule has 118 valence electrons. The van der Waals surface area contributed by atoms with Gasteiger partial charge in [0.15, 0.2) is 0 Å². The number of hydrogen-bond donors (Lipinski definition) is 1. The standard InChI is InChI=1S/C17H28N2OS/c1-12-16(21-13(2)19-12)15(18-3)14-7-10-20-17(11-14)8-5-4-6-9-17/h14-15,18H,4-11H2,1-3H3. The highest BCUT2D eigenvalue weighted by atomic mass is 32.1. The Balaban J connectivity index is 1.78. The first-order chi connectivity index (χ1) is 10.1.